The van der Waals surface area contributed by atoms with Crippen LogP contribution in [0.25, 0.3) is 9.88 Å². The van der Waals surface area contributed by atoms with Gasteiger partial charge in [0.1, 0.15) is 23.6 Å². The Kier molecular flexibility index (Phi) is 4.71. The van der Waals surface area contributed by atoms with Crippen molar-refractivity contribution in [3.8, 4) is 9.88 Å². The van der Waals surface area contributed by atoms with Gasteiger partial charge in [-0.1, -0.05) is 6.07 Å². The Labute approximate surface area is 156 Å². The van der Waals surface area contributed by atoms with E-state index in [1.807, 2.05) is 17.5 Å². The van der Waals surface area contributed by atoms with E-state index in [9.17, 15) is 9.59 Å². The van der Waals surface area contributed by atoms with Crippen LogP contribution in [0.15, 0.2) is 29.2 Å². The van der Waals surface area contributed by atoms with Crippen molar-refractivity contribution < 1.29 is 9.59 Å². The highest BCUT2D eigenvalue weighted by Crippen LogP contribution is 2.28. The lowest BCUT2D eigenvalue weighted by atomic mass is 10.3. The third-order valence-corrected chi connectivity index (χ3v) is 5.94. The van der Waals surface area contributed by atoms with Crippen LogP contribution in [0, 0.1) is 0 Å². The Morgan fingerprint density at radius 2 is 1.92 bits per heavy atom. The highest BCUT2D eigenvalue weighted by molar-refractivity contribution is 7.20. The van der Waals surface area contributed by atoms with Crippen molar-refractivity contribution in [3.05, 3.63) is 34.9 Å². The molecule has 0 aromatic carbocycles. The zero-order valence-electron chi connectivity index (χ0n) is 13.7. The van der Waals surface area contributed by atoms with E-state index in [-0.39, 0.29) is 18.4 Å². The minimum Gasteiger partial charge on any atom is -0.338 e. The third-order valence-electron chi connectivity index (χ3n) is 4.06. The summed E-state index contributed by atoms with van der Waals surface area (Å²) in [5.41, 5.74) is 0.465. The summed E-state index contributed by atoms with van der Waals surface area (Å²) < 4.78 is 1.39. The molecule has 0 aliphatic carbocycles. The number of rotatable bonds is 4. The summed E-state index contributed by atoms with van der Waals surface area (Å²) in [7, 11) is 0. The van der Waals surface area contributed by atoms with E-state index in [0.29, 0.717) is 31.9 Å². The number of tetrazole rings is 1. The summed E-state index contributed by atoms with van der Waals surface area (Å²) in [4.78, 5) is 33.9. The van der Waals surface area contributed by atoms with Gasteiger partial charge in [0.05, 0.1) is 4.88 Å². The SMILES string of the molecule is O=C(Cn1cnnn1)N1CCN(C(=O)c2csc(-c3cccs3)n2)CC1. The van der Waals surface area contributed by atoms with Gasteiger partial charge in [0.2, 0.25) is 5.91 Å². The fourth-order valence-corrected chi connectivity index (χ4v) is 4.31. The van der Waals surface area contributed by atoms with Crippen LogP contribution in [0.5, 0.6) is 0 Å². The van der Waals surface area contributed by atoms with Gasteiger partial charge in [-0.3, -0.25) is 9.59 Å². The molecule has 4 rings (SSSR count). The number of piperazine rings is 1. The molecule has 0 unspecified atom stereocenters. The van der Waals surface area contributed by atoms with Crippen molar-refractivity contribution in [1.82, 2.24) is 35.0 Å². The quantitative estimate of drug-likeness (QED) is 0.656. The van der Waals surface area contributed by atoms with Crippen molar-refractivity contribution in [2.24, 2.45) is 0 Å². The molecule has 11 heteroatoms. The van der Waals surface area contributed by atoms with Crippen molar-refractivity contribution in [1.29, 1.82) is 0 Å². The number of nitrogens with zero attached hydrogens (tertiary/aromatic N) is 7. The summed E-state index contributed by atoms with van der Waals surface area (Å²) in [6, 6.07) is 3.96. The van der Waals surface area contributed by atoms with Gasteiger partial charge in [-0.15, -0.1) is 27.8 Å². The molecule has 0 saturated carbocycles. The maximum atomic E-state index is 12.7. The molecule has 0 N–H and O–H groups in total. The van der Waals surface area contributed by atoms with Gasteiger partial charge in [0.25, 0.3) is 5.91 Å². The molecule has 1 aliphatic heterocycles. The van der Waals surface area contributed by atoms with E-state index in [0.717, 1.165) is 9.88 Å². The van der Waals surface area contributed by atoms with E-state index in [1.165, 1.54) is 22.3 Å². The smallest absolute Gasteiger partial charge is 0.273 e. The predicted molar refractivity (Wildman–Crippen MR) is 95.7 cm³/mol. The first kappa shape index (κ1) is 16.8. The Bertz CT molecular complexity index is 883. The molecule has 26 heavy (non-hydrogen) atoms. The lowest BCUT2D eigenvalue weighted by molar-refractivity contribution is -0.133. The molecule has 3 aromatic heterocycles. The van der Waals surface area contributed by atoms with E-state index < -0.39 is 0 Å². The molecule has 4 heterocycles. The van der Waals surface area contributed by atoms with Crippen molar-refractivity contribution >= 4 is 34.5 Å². The highest BCUT2D eigenvalue weighted by atomic mass is 32.1. The first-order valence-corrected chi connectivity index (χ1v) is 9.74. The maximum Gasteiger partial charge on any atom is 0.273 e. The molecular weight excluding hydrogens is 374 g/mol. The number of hydrogen-bond acceptors (Lipinski definition) is 8. The van der Waals surface area contributed by atoms with Crippen LogP contribution in [0.2, 0.25) is 0 Å². The summed E-state index contributed by atoms with van der Waals surface area (Å²) in [5.74, 6) is -0.144. The van der Waals surface area contributed by atoms with E-state index in [4.69, 9.17) is 0 Å². The molecule has 0 spiro atoms. The van der Waals surface area contributed by atoms with Crippen LogP contribution >= 0.6 is 22.7 Å². The maximum absolute atomic E-state index is 12.7. The second-order valence-corrected chi connectivity index (χ2v) is 7.50. The largest absolute Gasteiger partial charge is 0.338 e. The number of hydrogen-bond donors (Lipinski definition) is 0. The monoisotopic (exact) mass is 389 g/mol. The molecule has 9 nitrogen and oxygen atoms in total. The molecule has 134 valence electrons. The fraction of sp³-hybridized carbons (Fsp3) is 0.333. The normalized spacial score (nSPS) is 14.6. The number of carbonyl (C=O) groups is 2. The summed E-state index contributed by atoms with van der Waals surface area (Å²) in [5, 5.41) is 15.4. The predicted octanol–water partition coefficient (Wildman–Crippen LogP) is 0.843. The van der Waals surface area contributed by atoms with Gasteiger partial charge in [-0.05, 0) is 21.9 Å². The molecule has 0 bridgehead atoms. The number of thiazole rings is 1. The van der Waals surface area contributed by atoms with Crippen LogP contribution in [0.1, 0.15) is 10.5 Å². The minimum absolute atomic E-state index is 0.0574. The number of amides is 2. The van der Waals surface area contributed by atoms with Crippen molar-refractivity contribution in [2.75, 3.05) is 26.2 Å². The van der Waals surface area contributed by atoms with Gasteiger partial charge in [-0.25, -0.2) is 9.67 Å². The molecule has 1 fully saturated rings. The topological polar surface area (TPSA) is 97.1 Å². The van der Waals surface area contributed by atoms with E-state index in [1.54, 1.807) is 26.5 Å². The summed E-state index contributed by atoms with van der Waals surface area (Å²) in [6.07, 6.45) is 1.41. The second kappa shape index (κ2) is 7.30. The first-order valence-electron chi connectivity index (χ1n) is 7.98. The lowest BCUT2D eigenvalue weighted by Gasteiger charge is -2.34. The third kappa shape index (κ3) is 3.48. The number of thiophene rings is 1. The molecule has 0 atom stereocenters. The summed E-state index contributed by atoms with van der Waals surface area (Å²) in [6.45, 7) is 2.08. The highest BCUT2D eigenvalue weighted by Gasteiger charge is 2.26. The van der Waals surface area contributed by atoms with Crippen LogP contribution < -0.4 is 0 Å². The van der Waals surface area contributed by atoms with Crippen LogP contribution in [0.3, 0.4) is 0 Å². The van der Waals surface area contributed by atoms with E-state index in [2.05, 4.69) is 20.5 Å². The zero-order valence-corrected chi connectivity index (χ0v) is 15.3. The molecule has 2 amide bonds. The average molecular weight is 389 g/mol. The molecule has 1 saturated heterocycles. The minimum atomic E-state index is -0.0865. The molecule has 3 aromatic rings. The Morgan fingerprint density at radius 1 is 1.12 bits per heavy atom. The first-order chi connectivity index (χ1) is 12.7. The standard InChI is InChI=1S/C15H15N7O2S2/c23-13(8-22-10-16-18-19-22)20-3-5-21(6-4-20)15(24)11-9-26-14(17-11)12-2-1-7-25-12/h1-2,7,9-10H,3-6,8H2. The Balaban J connectivity index is 1.34. The Hall–Kier alpha value is -2.66. The lowest BCUT2D eigenvalue weighted by Crippen LogP contribution is -2.51. The van der Waals surface area contributed by atoms with Gasteiger partial charge in [0, 0.05) is 31.6 Å². The average Bonchev–Trinajstić information content (AvgIpc) is 3.42. The zero-order chi connectivity index (χ0) is 17.9. The molecular formula is C15H15N7O2S2. The summed E-state index contributed by atoms with van der Waals surface area (Å²) >= 11 is 3.08. The Morgan fingerprint density at radius 3 is 2.62 bits per heavy atom. The van der Waals surface area contributed by atoms with Gasteiger partial charge >= 0.3 is 0 Å². The fourth-order valence-electron chi connectivity index (χ4n) is 2.70. The second-order valence-electron chi connectivity index (χ2n) is 5.70. The number of carbonyl (C=O) groups excluding carboxylic acids is 2. The van der Waals surface area contributed by atoms with Crippen LogP contribution in [-0.2, 0) is 11.3 Å². The molecule has 0 radical (unpaired) electrons. The van der Waals surface area contributed by atoms with Gasteiger partial charge in [-0.2, -0.15) is 0 Å². The van der Waals surface area contributed by atoms with Gasteiger partial charge < -0.3 is 9.80 Å². The molecule has 1 aliphatic rings. The van der Waals surface area contributed by atoms with Crippen LogP contribution in [-0.4, -0.2) is 73.0 Å². The van der Waals surface area contributed by atoms with Crippen LogP contribution in [0.4, 0.5) is 0 Å². The number of aromatic nitrogens is 5. The van der Waals surface area contributed by atoms with Gasteiger partial charge in [0.15, 0.2) is 0 Å². The van der Waals surface area contributed by atoms with E-state index >= 15 is 0 Å². The van der Waals surface area contributed by atoms with Crippen molar-refractivity contribution in [3.63, 3.8) is 0 Å². The van der Waals surface area contributed by atoms with Crippen molar-refractivity contribution in [2.45, 2.75) is 6.54 Å².